The van der Waals surface area contributed by atoms with Crippen molar-refractivity contribution < 1.29 is 0 Å². The Morgan fingerprint density at radius 2 is 1.62 bits per heavy atom. The minimum absolute atomic E-state index is 0.250. The average molecular weight is 227 g/mol. The van der Waals surface area contributed by atoms with Gasteiger partial charge in [0.25, 0.3) is 0 Å². The minimum Gasteiger partial charge on any atom is -0.311 e. The molecular formula is C13H29N3. The summed E-state index contributed by atoms with van der Waals surface area (Å²) in [6, 6.07) is 0.704. The zero-order valence-corrected chi connectivity index (χ0v) is 11.7. The lowest BCUT2D eigenvalue weighted by molar-refractivity contribution is 0.108. The van der Waals surface area contributed by atoms with Crippen molar-refractivity contribution in [3.8, 4) is 0 Å². The van der Waals surface area contributed by atoms with Crippen LogP contribution in [0.1, 0.15) is 34.6 Å². The molecule has 96 valence electrons. The van der Waals surface area contributed by atoms with Gasteiger partial charge < -0.3 is 5.32 Å². The number of hydrogen-bond acceptors (Lipinski definition) is 3. The van der Waals surface area contributed by atoms with E-state index in [9.17, 15) is 0 Å². The second kappa shape index (κ2) is 5.99. The van der Waals surface area contributed by atoms with Crippen molar-refractivity contribution in [2.24, 2.45) is 0 Å². The van der Waals surface area contributed by atoms with Gasteiger partial charge in [-0.2, -0.15) is 0 Å². The Labute approximate surface area is 101 Å². The lowest BCUT2D eigenvalue weighted by Gasteiger charge is -2.37. The first kappa shape index (κ1) is 13.9. The number of hydrogen-bond donors (Lipinski definition) is 1. The molecule has 0 spiro atoms. The van der Waals surface area contributed by atoms with Crippen molar-refractivity contribution in [1.82, 2.24) is 15.1 Å². The first-order valence-corrected chi connectivity index (χ1v) is 6.60. The highest BCUT2D eigenvalue weighted by molar-refractivity contribution is 4.76. The second-order valence-electron chi connectivity index (χ2n) is 6.15. The molecule has 1 aliphatic heterocycles. The quantitative estimate of drug-likeness (QED) is 0.783. The Morgan fingerprint density at radius 1 is 1.06 bits per heavy atom. The van der Waals surface area contributed by atoms with E-state index in [0.717, 1.165) is 6.54 Å². The molecule has 0 bridgehead atoms. The van der Waals surface area contributed by atoms with Crippen LogP contribution in [0.3, 0.4) is 0 Å². The van der Waals surface area contributed by atoms with Crippen molar-refractivity contribution in [2.75, 3.05) is 39.3 Å². The SMILES string of the molecule is CC(C)N1CCN(CCNC(C)(C)C)CC1. The summed E-state index contributed by atoms with van der Waals surface area (Å²) in [7, 11) is 0. The second-order valence-corrected chi connectivity index (χ2v) is 6.15. The van der Waals surface area contributed by atoms with Crippen molar-refractivity contribution in [3.63, 3.8) is 0 Å². The summed E-state index contributed by atoms with van der Waals surface area (Å²) in [5.41, 5.74) is 0.250. The third-order valence-electron chi connectivity index (χ3n) is 3.22. The lowest BCUT2D eigenvalue weighted by atomic mass is 10.1. The molecule has 0 aliphatic carbocycles. The maximum Gasteiger partial charge on any atom is 0.0113 e. The van der Waals surface area contributed by atoms with Crippen molar-refractivity contribution in [3.05, 3.63) is 0 Å². The van der Waals surface area contributed by atoms with E-state index in [1.807, 2.05) is 0 Å². The van der Waals surface area contributed by atoms with Crippen LogP contribution in [0, 0.1) is 0 Å². The molecule has 0 aromatic heterocycles. The normalized spacial score (nSPS) is 20.6. The number of rotatable bonds is 4. The molecule has 0 radical (unpaired) electrons. The van der Waals surface area contributed by atoms with Gasteiger partial charge in [-0.15, -0.1) is 0 Å². The third kappa shape index (κ3) is 5.28. The summed E-state index contributed by atoms with van der Waals surface area (Å²) in [5, 5.41) is 3.55. The fourth-order valence-corrected chi connectivity index (χ4v) is 2.09. The molecular weight excluding hydrogens is 198 g/mol. The van der Waals surface area contributed by atoms with Gasteiger partial charge in [-0.05, 0) is 34.6 Å². The van der Waals surface area contributed by atoms with E-state index in [-0.39, 0.29) is 5.54 Å². The molecule has 0 aromatic carbocycles. The van der Waals surface area contributed by atoms with E-state index < -0.39 is 0 Å². The van der Waals surface area contributed by atoms with Gasteiger partial charge in [-0.3, -0.25) is 9.80 Å². The van der Waals surface area contributed by atoms with Gasteiger partial charge in [-0.25, -0.2) is 0 Å². The van der Waals surface area contributed by atoms with Gasteiger partial charge in [0.1, 0.15) is 0 Å². The molecule has 0 unspecified atom stereocenters. The summed E-state index contributed by atoms with van der Waals surface area (Å²) in [5.74, 6) is 0. The van der Waals surface area contributed by atoms with E-state index in [1.165, 1.54) is 32.7 Å². The van der Waals surface area contributed by atoms with Crippen LogP contribution in [0.2, 0.25) is 0 Å². The maximum absolute atomic E-state index is 3.55. The predicted octanol–water partition coefficient (Wildman–Crippen LogP) is 1.40. The predicted molar refractivity (Wildman–Crippen MR) is 70.9 cm³/mol. The van der Waals surface area contributed by atoms with Gasteiger partial charge in [0.05, 0.1) is 0 Å². The van der Waals surface area contributed by atoms with Crippen LogP contribution >= 0.6 is 0 Å². The smallest absolute Gasteiger partial charge is 0.0113 e. The molecule has 1 saturated heterocycles. The summed E-state index contributed by atoms with van der Waals surface area (Å²) >= 11 is 0. The Morgan fingerprint density at radius 3 is 2.06 bits per heavy atom. The zero-order valence-electron chi connectivity index (χ0n) is 11.7. The molecule has 1 fully saturated rings. The lowest BCUT2D eigenvalue weighted by Crippen LogP contribution is -2.51. The van der Waals surface area contributed by atoms with Gasteiger partial charge in [0.2, 0.25) is 0 Å². The zero-order chi connectivity index (χ0) is 12.2. The monoisotopic (exact) mass is 227 g/mol. The third-order valence-corrected chi connectivity index (χ3v) is 3.22. The van der Waals surface area contributed by atoms with E-state index in [1.54, 1.807) is 0 Å². The summed E-state index contributed by atoms with van der Waals surface area (Å²) < 4.78 is 0. The van der Waals surface area contributed by atoms with Crippen LogP contribution in [-0.2, 0) is 0 Å². The average Bonchev–Trinajstić information content (AvgIpc) is 2.16. The first-order valence-electron chi connectivity index (χ1n) is 6.60. The van der Waals surface area contributed by atoms with Crippen LogP contribution in [0.25, 0.3) is 0 Å². The first-order chi connectivity index (χ1) is 7.38. The molecule has 3 heteroatoms. The van der Waals surface area contributed by atoms with Crippen LogP contribution in [0.15, 0.2) is 0 Å². The molecule has 0 atom stereocenters. The Balaban J connectivity index is 2.13. The van der Waals surface area contributed by atoms with Gasteiger partial charge >= 0.3 is 0 Å². The molecule has 3 nitrogen and oxygen atoms in total. The molecule has 1 rings (SSSR count). The molecule has 1 aliphatic rings. The van der Waals surface area contributed by atoms with E-state index in [0.29, 0.717) is 6.04 Å². The van der Waals surface area contributed by atoms with Gasteiger partial charge in [0.15, 0.2) is 0 Å². The molecule has 16 heavy (non-hydrogen) atoms. The number of nitrogens with one attached hydrogen (secondary N) is 1. The number of piperazine rings is 1. The van der Waals surface area contributed by atoms with Crippen molar-refractivity contribution >= 4 is 0 Å². The maximum atomic E-state index is 3.55. The van der Waals surface area contributed by atoms with Gasteiger partial charge in [-0.1, -0.05) is 0 Å². The van der Waals surface area contributed by atoms with E-state index in [4.69, 9.17) is 0 Å². The van der Waals surface area contributed by atoms with E-state index in [2.05, 4.69) is 49.7 Å². The summed E-state index contributed by atoms with van der Waals surface area (Å²) in [4.78, 5) is 5.13. The molecule has 0 saturated carbocycles. The Hall–Kier alpha value is -0.120. The highest BCUT2D eigenvalue weighted by Gasteiger charge is 2.18. The largest absolute Gasteiger partial charge is 0.311 e. The fraction of sp³-hybridized carbons (Fsp3) is 1.00. The molecule has 1 N–H and O–H groups in total. The molecule has 1 heterocycles. The van der Waals surface area contributed by atoms with Crippen LogP contribution in [0.4, 0.5) is 0 Å². The van der Waals surface area contributed by atoms with Crippen molar-refractivity contribution in [1.29, 1.82) is 0 Å². The van der Waals surface area contributed by atoms with Crippen LogP contribution in [-0.4, -0.2) is 60.6 Å². The topological polar surface area (TPSA) is 18.5 Å². The fourth-order valence-electron chi connectivity index (χ4n) is 2.09. The van der Waals surface area contributed by atoms with E-state index >= 15 is 0 Å². The van der Waals surface area contributed by atoms with Gasteiger partial charge in [0, 0.05) is 50.8 Å². The Bertz CT molecular complexity index is 188. The van der Waals surface area contributed by atoms with Crippen LogP contribution < -0.4 is 5.32 Å². The highest BCUT2D eigenvalue weighted by Crippen LogP contribution is 2.05. The Kier molecular flexibility index (Phi) is 5.22. The minimum atomic E-state index is 0.250. The highest BCUT2D eigenvalue weighted by atomic mass is 15.3. The molecule has 0 aromatic rings. The summed E-state index contributed by atoms with van der Waals surface area (Å²) in [6.07, 6.45) is 0. The van der Waals surface area contributed by atoms with Crippen molar-refractivity contribution in [2.45, 2.75) is 46.2 Å². The number of nitrogens with zero attached hydrogens (tertiary/aromatic N) is 2. The van der Waals surface area contributed by atoms with Crippen LogP contribution in [0.5, 0.6) is 0 Å². The standard InChI is InChI=1S/C13H29N3/c1-12(2)16-10-8-15(9-11-16)7-6-14-13(3,4)5/h12,14H,6-11H2,1-5H3. The molecule has 0 amide bonds. The summed E-state index contributed by atoms with van der Waals surface area (Å²) in [6.45, 7) is 18.5.